The van der Waals surface area contributed by atoms with Gasteiger partial charge in [0.15, 0.2) is 0 Å². The van der Waals surface area contributed by atoms with E-state index >= 15 is 0 Å². The van der Waals surface area contributed by atoms with E-state index in [-0.39, 0.29) is 0 Å². The third-order valence-electron chi connectivity index (χ3n) is 2.84. The van der Waals surface area contributed by atoms with Crippen LogP contribution in [0, 0.1) is 6.92 Å². The molecule has 3 nitrogen and oxygen atoms in total. The molecule has 0 aliphatic carbocycles. The molecular weight excluding hydrogens is 210 g/mol. The van der Waals surface area contributed by atoms with Crippen LogP contribution in [-0.4, -0.2) is 16.1 Å². The van der Waals surface area contributed by atoms with Crippen LogP contribution in [0.15, 0.2) is 36.7 Å². The molecule has 1 aromatic heterocycles. The Morgan fingerprint density at radius 1 is 1.29 bits per heavy atom. The number of aryl methyl sites for hydroxylation is 2. The van der Waals surface area contributed by atoms with E-state index in [9.17, 15) is 0 Å². The Balaban J connectivity index is 2.18. The zero-order valence-corrected chi connectivity index (χ0v) is 10.3. The lowest BCUT2D eigenvalue weighted by Crippen LogP contribution is -2.04. The van der Waals surface area contributed by atoms with Gasteiger partial charge < -0.3 is 10.3 Å². The summed E-state index contributed by atoms with van der Waals surface area (Å²) in [5.74, 6) is 1.05. The number of unbranched alkanes of at least 4 members (excludes halogenated alkanes) is 1. The van der Waals surface area contributed by atoms with Gasteiger partial charge in [-0.1, -0.05) is 23.8 Å². The standard InChI is InChI=1S/C14H19N3/c1-12-5-4-6-13(11-12)14-16-8-10-17(14)9-3-2-7-15/h4-6,8,10-11H,2-3,7,9,15H2,1H3. The van der Waals surface area contributed by atoms with E-state index < -0.39 is 0 Å². The Bertz CT molecular complexity index is 474. The van der Waals surface area contributed by atoms with Crippen LogP contribution in [0.25, 0.3) is 11.4 Å². The van der Waals surface area contributed by atoms with Crippen LogP contribution in [-0.2, 0) is 6.54 Å². The van der Waals surface area contributed by atoms with Crippen molar-refractivity contribution in [1.29, 1.82) is 0 Å². The third kappa shape index (κ3) is 2.94. The van der Waals surface area contributed by atoms with Crippen molar-refractivity contribution < 1.29 is 0 Å². The molecule has 0 spiro atoms. The third-order valence-corrected chi connectivity index (χ3v) is 2.84. The minimum absolute atomic E-state index is 0.758. The van der Waals surface area contributed by atoms with Crippen molar-refractivity contribution >= 4 is 0 Å². The molecule has 0 unspecified atom stereocenters. The number of nitrogens with zero attached hydrogens (tertiary/aromatic N) is 2. The smallest absolute Gasteiger partial charge is 0.139 e. The Kier molecular flexibility index (Phi) is 3.94. The molecule has 2 N–H and O–H groups in total. The van der Waals surface area contributed by atoms with Crippen LogP contribution >= 0.6 is 0 Å². The second kappa shape index (κ2) is 5.64. The van der Waals surface area contributed by atoms with Crippen LogP contribution in [0.1, 0.15) is 18.4 Å². The molecule has 2 aromatic rings. The highest BCUT2D eigenvalue weighted by Crippen LogP contribution is 2.18. The molecule has 0 saturated carbocycles. The van der Waals surface area contributed by atoms with Gasteiger partial charge in [0.1, 0.15) is 5.82 Å². The van der Waals surface area contributed by atoms with Crippen molar-refractivity contribution in [2.45, 2.75) is 26.3 Å². The van der Waals surface area contributed by atoms with Crippen LogP contribution in [0.5, 0.6) is 0 Å². The van der Waals surface area contributed by atoms with E-state index in [4.69, 9.17) is 5.73 Å². The molecule has 2 rings (SSSR count). The first-order valence-electron chi connectivity index (χ1n) is 6.09. The molecule has 0 fully saturated rings. The molecule has 0 bridgehead atoms. The summed E-state index contributed by atoms with van der Waals surface area (Å²) in [5, 5.41) is 0. The second-order valence-corrected chi connectivity index (χ2v) is 4.31. The maximum absolute atomic E-state index is 5.51. The first-order chi connectivity index (χ1) is 8.31. The number of aromatic nitrogens is 2. The van der Waals surface area contributed by atoms with Gasteiger partial charge in [-0.25, -0.2) is 4.98 Å². The molecule has 0 aliphatic rings. The van der Waals surface area contributed by atoms with E-state index in [0.29, 0.717) is 0 Å². The SMILES string of the molecule is Cc1cccc(-c2nccn2CCCCN)c1. The van der Waals surface area contributed by atoms with Crippen LogP contribution in [0.4, 0.5) is 0 Å². The summed E-state index contributed by atoms with van der Waals surface area (Å²) in [6, 6.07) is 8.45. The Hall–Kier alpha value is -1.61. The number of hydrogen-bond acceptors (Lipinski definition) is 2. The number of benzene rings is 1. The van der Waals surface area contributed by atoms with Gasteiger partial charge in [0.2, 0.25) is 0 Å². The number of imidazole rings is 1. The lowest BCUT2D eigenvalue weighted by molar-refractivity contribution is 0.619. The second-order valence-electron chi connectivity index (χ2n) is 4.31. The molecule has 3 heteroatoms. The van der Waals surface area contributed by atoms with Crippen molar-refractivity contribution in [2.75, 3.05) is 6.54 Å². The maximum Gasteiger partial charge on any atom is 0.139 e. The highest BCUT2D eigenvalue weighted by molar-refractivity contribution is 5.56. The normalized spacial score (nSPS) is 10.7. The highest BCUT2D eigenvalue weighted by atomic mass is 15.1. The lowest BCUT2D eigenvalue weighted by atomic mass is 10.1. The minimum Gasteiger partial charge on any atom is -0.331 e. The summed E-state index contributed by atoms with van der Waals surface area (Å²) in [4.78, 5) is 4.44. The zero-order chi connectivity index (χ0) is 12.1. The highest BCUT2D eigenvalue weighted by Gasteiger charge is 2.05. The summed E-state index contributed by atoms with van der Waals surface area (Å²) in [7, 11) is 0. The minimum atomic E-state index is 0.758. The number of nitrogens with two attached hydrogens (primary N) is 1. The predicted octanol–water partition coefficient (Wildman–Crippen LogP) is 2.60. The zero-order valence-electron chi connectivity index (χ0n) is 10.3. The monoisotopic (exact) mass is 229 g/mol. The fourth-order valence-electron chi connectivity index (χ4n) is 1.96. The van der Waals surface area contributed by atoms with Gasteiger partial charge in [0.25, 0.3) is 0 Å². The molecular formula is C14H19N3. The molecule has 0 aliphatic heterocycles. The van der Waals surface area contributed by atoms with E-state index in [1.54, 1.807) is 0 Å². The molecule has 90 valence electrons. The molecule has 0 amide bonds. The maximum atomic E-state index is 5.51. The summed E-state index contributed by atoms with van der Waals surface area (Å²) in [5.41, 5.74) is 7.96. The van der Waals surface area contributed by atoms with Gasteiger partial charge >= 0.3 is 0 Å². The van der Waals surface area contributed by atoms with Crippen LogP contribution in [0.3, 0.4) is 0 Å². The van der Waals surface area contributed by atoms with Gasteiger partial charge in [-0.05, 0) is 32.4 Å². The van der Waals surface area contributed by atoms with E-state index in [1.165, 1.54) is 11.1 Å². The summed E-state index contributed by atoms with van der Waals surface area (Å²) in [6.45, 7) is 3.85. The van der Waals surface area contributed by atoms with Crippen molar-refractivity contribution in [2.24, 2.45) is 5.73 Å². The van der Waals surface area contributed by atoms with Crippen molar-refractivity contribution in [1.82, 2.24) is 9.55 Å². The summed E-state index contributed by atoms with van der Waals surface area (Å²) < 4.78 is 2.20. The topological polar surface area (TPSA) is 43.8 Å². The largest absolute Gasteiger partial charge is 0.331 e. The summed E-state index contributed by atoms with van der Waals surface area (Å²) >= 11 is 0. The Morgan fingerprint density at radius 3 is 2.94 bits per heavy atom. The first kappa shape index (κ1) is 11.9. The van der Waals surface area contributed by atoms with E-state index in [0.717, 1.165) is 31.8 Å². The average Bonchev–Trinajstić information content (AvgIpc) is 2.78. The Morgan fingerprint density at radius 2 is 2.18 bits per heavy atom. The average molecular weight is 229 g/mol. The lowest BCUT2D eigenvalue weighted by Gasteiger charge is -2.07. The molecule has 1 heterocycles. The van der Waals surface area contributed by atoms with Gasteiger partial charge in [-0.15, -0.1) is 0 Å². The van der Waals surface area contributed by atoms with E-state index in [1.807, 2.05) is 12.4 Å². The van der Waals surface area contributed by atoms with Gasteiger partial charge in [-0.2, -0.15) is 0 Å². The van der Waals surface area contributed by atoms with Crippen LogP contribution in [0.2, 0.25) is 0 Å². The van der Waals surface area contributed by atoms with Gasteiger partial charge in [-0.3, -0.25) is 0 Å². The predicted molar refractivity (Wildman–Crippen MR) is 70.7 cm³/mol. The molecule has 17 heavy (non-hydrogen) atoms. The fourth-order valence-corrected chi connectivity index (χ4v) is 1.96. The van der Waals surface area contributed by atoms with Crippen molar-refractivity contribution in [3.05, 3.63) is 42.2 Å². The summed E-state index contributed by atoms with van der Waals surface area (Å²) in [6.07, 6.45) is 6.06. The fraction of sp³-hybridized carbons (Fsp3) is 0.357. The van der Waals surface area contributed by atoms with Gasteiger partial charge in [0, 0.05) is 24.5 Å². The molecule has 1 aromatic carbocycles. The van der Waals surface area contributed by atoms with Crippen molar-refractivity contribution in [3.8, 4) is 11.4 Å². The molecule has 0 atom stereocenters. The van der Waals surface area contributed by atoms with Gasteiger partial charge in [0.05, 0.1) is 0 Å². The molecule has 0 saturated heterocycles. The first-order valence-corrected chi connectivity index (χ1v) is 6.09. The van der Waals surface area contributed by atoms with Crippen molar-refractivity contribution in [3.63, 3.8) is 0 Å². The Labute approximate surface area is 102 Å². The number of hydrogen-bond donors (Lipinski definition) is 1. The quantitative estimate of drug-likeness (QED) is 0.801. The van der Waals surface area contributed by atoms with E-state index in [2.05, 4.69) is 40.7 Å². The molecule has 0 radical (unpaired) electrons. The van der Waals surface area contributed by atoms with Crippen LogP contribution < -0.4 is 5.73 Å². The number of rotatable bonds is 5.